The number of thioether (sulfide) groups is 1. The van der Waals surface area contributed by atoms with E-state index in [1.54, 1.807) is 6.92 Å². The molecule has 16 heteroatoms. The summed E-state index contributed by atoms with van der Waals surface area (Å²) in [5.74, 6) is -2.49. The molecule has 2 aliphatic rings. The summed E-state index contributed by atoms with van der Waals surface area (Å²) in [6.45, 7) is 1.48. The Morgan fingerprint density at radius 2 is 1.97 bits per heavy atom. The third kappa shape index (κ3) is 4.77. The van der Waals surface area contributed by atoms with Crippen molar-refractivity contribution in [1.29, 1.82) is 0 Å². The molecule has 180 valence electrons. The highest BCUT2D eigenvalue weighted by Crippen LogP contribution is 2.37. The molecule has 1 saturated heterocycles. The molecule has 34 heavy (non-hydrogen) atoms. The first-order valence-corrected chi connectivity index (χ1v) is 13.4. The number of nitrogens with zero attached hydrogens (tertiary/aromatic N) is 4. The molecule has 2 aliphatic heterocycles. The van der Waals surface area contributed by atoms with Crippen LogP contribution in [0.1, 0.15) is 5.01 Å². The number of fused-ring (bicyclic) bond motifs is 1. The zero-order chi connectivity index (χ0) is 24.7. The summed E-state index contributed by atoms with van der Waals surface area (Å²) in [5, 5.41) is 19.5. The number of β-lactam (4-membered cyclic amide) rings is 1. The molecule has 1 unspecified atom stereocenters. The molecule has 2 amide bonds. The maximum absolute atomic E-state index is 12.9. The second-order valence-electron chi connectivity index (χ2n) is 7.26. The van der Waals surface area contributed by atoms with Crippen LogP contribution in [0.4, 0.5) is 0 Å². The van der Waals surface area contributed by atoms with Gasteiger partial charge in [-0.05, 0) is 12.5 Å². The van der Waals surface area contributed by atoms with Gasteiger partial charge in [-0.15, -0.1) is 10.2 Å². The highest BCUT2D eigenvalue weighted by Gasteiger charge is 2.57. The van der Waals surface area contributed by atoms with Crippen LogP contribution in [0.2, 0.25) is 10.0 Å². The van der Waals surface area contributed by atoms with Crippen LogP contribution in [0.25, 0.3) is 0 Å². The first-order valence-electron chi connectivity index (χ1n) is 9.49. The Kier molecular flexibility index (Phi) is 7.14. The summed E-state index contributed by atoms with van der Waals surface area (Å²) in [4.78, 5) is 49.8. The van der Waals surface area contributed by atoms with Crippen molar-refractivity contribution in [3.63, 3.8) is 0 Å². The quantitative estimate of drug-likeness (QED) is 0.369. The van der Waals surface area contributed by atoms with Gasteiger partial charge in [0.15, 0.2) is 4.34 Å². The Bertz CT molecular complexity index is 1300. The van der Waals surface area contributed by atoms with Gasteiger partial charge in [-0.1, -0.05) is 46.3 Å². The van der Waals surface area contributed by atoms with Crippen molar-refractivity contribution < 1.29 is 23.7 Å². The fraction of sp³-hybridized carbons (Fsp3) is 0.333. The summed E-state index contributed by atoms with van der Waals surface area (Å²) in [6, 6.07) is -1.15. The molecule has 2 aromatic rings. The number of halogens is 2. The summed E-state index contributed by atoms with van der Waals surface area (Å²) in [7, 11) is -1.64. The van der Waals surface area contributed by atoms with Gasteiger partial charge in [0.1, 0.15) is 38.7 Å². The zero-order valence-electron chi connectivity index (χ0n) is 17.2. The lowest BCUT2D eigenvalue weighted by atomic mass is 10.0. The fourth-order valence-corrected chi connectivity index (χ4v) is 7.63. The van der Waals surface area contributed by atoms with E-state index in [1.165, 1.54) is 40.1 Å². The summed E-state index contributed by atoms with van der Waals surface area (Å²) in [5.41, 5.74) is -0.464. The van der Waals surface area contributed by atoms with E-state index >= 15 is 0 Å². The van der Waals surface area contributed by atoms with Crippen LogP contribution in [0, 0.1) is 6.92 Å². The second kappa shape index (κ2) is 9.77. The average molecular weight is 564 g/mol. The Labute approximate surface area is 212 Å². The Hall–Kier alpha value is -2.26. The number of carboxylic acid groups (broad SMARTS) is 1. The Balaban J connectivity index is 1.48. The number of carboxylic acids is 1. The minimum atomic E-state index is -1.64. The zero-order valence-corrected chi connectivity index (χ0v) is 21.2. The van der Waals surface area contributed by atoms with E-state index < -0.39 is 45.4 Å². The molecule has 2 aromatic heterocycles. The minimum Gasteiger partial charge on any atom is -0.477 e. The van der Waals surface area contributed by atoms with Gasteiger partial charge in [-0.3, -0.25) is 23.5 Å². The van der Waals surface area contributed by atoms with Crippen LogP contribution in [0.15, 0.2) is 32.8 Å². The Morgan fingerprint density at radius 3 is 2.56 bits per heavy atom. The van der Waals surface area contributed by atoms with Crippen molar-refractivity contribution in [1.82, 2.24) is 25.0 Å². The van der Waals surface area contributed by atoms with Crippen LogP contribution in [-0.2, 0) is 31.7 Å². The van der Waals surface area contributed by atoms with E-state index in [9.17, 15) is 28.5 Å². The Morgan fingerprint density at radius 1 is 1.29 bits per heavy atom. The molecule has 0 radical (unpaired) electrons. The minimum absolute atomic E-state index is 0.0574. The van der Waals surface area contributed by atoms with E-state index in [0.29, 0.717) is 9.91 Å². The van der Waals surface area contributed by atoms with Crippen molar-refractivity contribution in [2.24, 2.45) is 0 Å². The van der Waals surface area contributed by atoms with E-state index in [0.717, 1.165) is 9.91 Å². The van der Waals surface area contributed by atoms with Crippen LogP contribution in [0.3, 0.4) is 0 Å². The maximum atomic E-state index is 12.9. The van der Waals surface area contributed by atoms with Crippen molar-refractivity contribution in [3.05, 3.63) is 48.9 Å². The molecule has 1 fully saturated rings. The number of carbonyl (C=O) groups excluding carboxylic acids is 2. The van der Waals surface area contributed by atoms with Crippen molar-refractivity contribution >= 4 is 74.9 Å². The lowest BCUT2D eigenvalue weighted by Crippen LogP contribution is -2.73. The number of hydrogen-bond donors (Lipinski definition) is 2. The van der Waals surface area contributed by atoms with Crippen molar-refractivity contribution in [2.45, 2.75) is 29.2 Å². The molecular formula is C18H15Cl2N5O6S3. The smallest absolute Gasteiger partial charge is 0.352 e. The predicted molar refractivity (Wildman–Crippen MR) is 126 cm³/mol. The average Bonchev–Trinajstić information content (AvgIpc) is 3.18. The van der Waals surface area contributed by atoms with Gasteiger partial charge in [-0.2, -0.15) is 0 Å². The van der Waals surface area contributed by atoms with Gasteiger partial charge in [0.05, 0.1) is 16.6 Å². The maximum Gasteiger partial charge on any atom is 0.352 e. The largest absolute Gasteiger partial charge is 0.477 e. The fourth-order valence-electron chi connectivity index (χ4n) is 3.49. The first-order chi connectivity index (χ1) is 16.1. The van der Waals surface area contributed by atoms with Gasteiger partial charge in [0.25, 0.3) is 5.91 Å². The number of aromatic nitrogens is 3. The van der Waals surface area contributed by atoms with Crippen LogP contribution >= 0.6 is 46.3 Å². The molecule has 3 atom stereocenters. The van der Waals surface area contributed by atoms with Crippen LogP contribution < -0.4 is 10.7 Å². The predicted octanol–water partition coefficient (Wildman–Crippen LogP) is 0.861. The molecule has 0 aliphatic carbocycles. The summed E-state index contributed by atoms with van der Waals surface area (Å²) in [6.07, 6.45) is 2.44. The van der Waals surface area contributed by atoms with Crippen LogP contribution in [-0.4, -0.2) is 69.7 Å². The van der Waals surface area contributed by atoms with Crippen LogP contribution in [0.5, 0.6) is 0 Å². The van der Waals surface area contributed by atoms with E-state index in [4.69, 9.17) is 23.2 Å². The van der Waals surface area contributed by atoms with E-state index in [-0.39, 0.29) is 33.8 Å². The van der Waals surface area contributed by atoms with Gasteiger partial charge < -0.3 is 15.0 Å². The highest BCUT2D eigenvalue weighted by atomic mass is 35.5. The van der Waals surface area contributed by atoms with Gasteiger partial charge in [-0.25, -0.2) is 4.79 Å². The number of amides is 2. The molecule has 0 saturated carbocycles. The third-order valence-corrected chi connectivity index (χ3v) is 9.17. The molecule has 4 rings (SSSR count). The number of aryl methyl sites for hydroxylation is 1. The second-order valence-corrected chi connectivity index (χ2v) is 12.0. The molecule has 2 N–H and O–H groups in total. The first kappa shape index (κ1) is 24.9. The lowest BCUT2D eigenvalue weighted by molar-refractivity contribution is -0.151. The van der Waals surface area contributed by atoms with Crippen molar-refractivity contribution in [2.75, 3.05) is 11.5 Å². The lowest BCUT2D eigenvalue weighted by Gasteiger charge is -2.49. The highest BCUT2D eigenvalue weighted by molar-refractivity contribution is 8.01. The third-order valence-electron chi connectivity index (χ3n) is 4.92. The van der Waals surface area contributed by atoms with Gasteiger partial charge >= 0.3 is 5.97 Å². The normalized spacial score (nSPS) is 21.8. The molecule has 0 aromatic carbocycles. The number of pyridine rings is 1. The SMILES string of the molecule is Cc1nnc(SCC2=C(C(=O)O)N3C(=O)[C@@H](NC(=O)Cn4cc(Cl)c(=O)c(Cl)c4)[C@H]3S(=O)C2)s1. The monoisotopic (exact) mass is 563 g/mol. The van der Waals surface area contributed by atoms with E-state index in [2.05, 4.69) is 15.5 Å². The number of aliphatic carboxylic acids is 1. The molecule has 0 bridgehead atoms. The van der Waals surface area contributed by atoms with Gasteiger partial charge in [0, 0.05) is 18.1 Å². The van der Waals surface area contributed by atoms with E-state index in [1.807, 2.05) is 0 Å². The number of nitrogens with one attached hydrogen (secondary N) is 1. The standard InChI is InChI=1S/C18H15Cl2N5O6S3/c1-7-22-23-18(33-7)32-5-8-6-34(31)16-12(15(28)25(16)13(8)17(29)30)21-11(26)4-24-2-9(19)14(27)10(20)3-24/h2-3,12,16H,4-6H2,1H3,(H,21,26)(H,29,30)/t12-,16-,34?/m1/s1. The molecule has 11 nitrogen and oxygen atoms in total. The number of carbonyl (C=O) groups is 3. The number of rotatable bonds is 7. The summed E-state index contributed by atoms with van der Waals surface area (Å²) < 4.78 is 14.8. The molecular weight excluding hydrogens is 549 g/mol. The molecule has 0 spiro atoms. The number of hydrogen-bond acceptors (Lipinski definition) is 9. The molecule has 4 heterocycles. The summed E-state index contributed by atoms with van der Waals surface area (Å²) >= 11 is 14.2. The topological polar surface area (TPSA) is 152 Å². The van der Waals surface area contributed by atoms with Crippen molar-refractivity contribution in [3.8, 4) is 0 Å². The van der Waals surface area contributed by atoms with Gasteiger partial charge in [0.2, 0.25) is 11.3 Å².